The summed E-state index contributed by atoms with van der Waals surface area (Å²) in [7, 11) is 0. The second-order valence-electron chi connectivity index (χ2n) is 3.92. The van der Waals surface area contributed by atoms with E-state index in [1.807, 2.05) is 0 Å². The lowest BCUT2D eigenvalue weighted by atomic mass is 10.0. The van der Waals surface area contributed by atoms with Crippen LogP contribution in [0.2, 0.25) is 5.02 Å². The Morgan fingerprint density at radius 3 is 2.94 bits per heavy atom. The van der Waals surface area contributed by atoms with E-state index in [1.165, 1.54) is 18.5 Å². The van der Waals surface area contributed by atoms with E-state index < -0.39 is 23.8 Å². The first-order chi connectivity index (χ1) is 8.59. The quantitative estimate of drug-likeness (QED) is 0.838. The van der Waals surface area contributed by atoms with Gasteiger partial charge in [-0.3, -0.25) is 14.6 Å². The van der Waals surface area contributed by atoms with Crippen molar-refractivity contribution in [3.8, 4) is 0 Å². The van der Waals surface area contributed by atoms with Gasteiger partial charge in [-0.15, -0.1) is 0 Å². The van der Waals surface area contributed by atoms with Crippen LogP contribution in [0.5, 0.6) is 0 Å². The van der Waals surface area contributed by atoms with E-state index in [2.05, 4.69) is 10.3 Å². The van der Waals surface area contributed by atoms with Gasteiger partial charge in [-0.25, -0.2) is 0 Å². The molecule has 1 aromatic rings. The third kappa shape index (κ3) is 2.60. The summed E-state index contributed by atoms with van der Waals surface area (Å²) in [6.07, 6.45) is 2.80. The maximum atomic E-state index is 11.9. The van der Waals surface area contributed by atoms with E-state index in [9.17, 15) is 9.59 Å². The predicted octanol–water partition coefficient (Wildman–Crippen LogP) is 0.564. The summed E-state index contributed by atoms with van der Waals surface area (Å²) in [5.41, 5.74) is 0.266. The fourth-order valence-corrected chi connectivity index (χ4v) is 1.95. The van der Waals surface area contributed by atoms with Gasteiger partial charge in [0.15, 0.2) is 0 Å². The van der Waals surface area contributed by atoms with Gasteiger partial charge < -0.3 is 15.2 Å². The Hall–Kier alpha value is -1.66. The highest BCUT2D eigenvalue weighted by Crippen LogP contribution is 2.17. The molecule has 1 aromatic heterocycles. The zero-order chi connectivity index (χ0) is 13.1. The molecule has 0 spiro atoms. The molecule has 2 heterocycles. The average molecular weight is 271 g/mol. The largest absolute Gasteiger partial charge is 0.481 e. The van der Waals surface area contributed by atoms with Gasteiger partial charge in [0.1, 0.15) is 5.92 Å². The minimum Gasteiger partial charge on any atom is -0.481 e. The Kier molecular flexibility index (Phi) is 3.78. The van der Waals surface area contributed by atoms with Crippen molar-refractivity contribution in [3.05, 3.63) is 29.0 Å². The van der Waals surface area contributed by atoms with Crippen molar-refractivity contribution in [1.29, 1.82) is 0 Å². The lowest BCUT2D eigenvalue weighted by molar-refractivity contribution is -0.142. The number of aromatic nitrogens is 1. The topological polar surface area (TPSA) is 88.5 Å². The third-order valence-corrected chi connectivity index (χ3v) is 3.03. The second kappa shape index (κ2) is 5.32. The van der Waals surface area contributed by atoms with Crippen molar-refractivity contribution in [2.45, 2.75) is 6.04 Å². The second-order valence-corrected chi connectivity index (χ2v) is 4.32. The van der Waals surface area contributed by atoms with Crippen molar-refractivity contribution in [2.24, 2.45) is 5.92 Å². The van der Waals surface area contributed by atoms with Crippen LogP contribution in [0.3, 0.4) is 0 Å². The molecule has 2 N–H and O–H groups in total. The van der Waals surface area contributed by atoms with Crippen LogP contribution in [0.4, 0.5) is 0 Å². The number of nitrogens with one attached hydrogen (secondary N) is 1. The molecule has 0 radical (unpaired) electrons. The van der Waals surface area contributed by atoms with E-state index in [1.54, 1.807) is 0 Å². The Bertz CT molecular complexity index is 480. The number of halogens is 1. The van der Waals surface area contributed by atoms with Crippen molar-refractivity contribution >= 4 is 23.5 Å². The van der Waals surface area contributed by atoms with Crippen LogP contribution in [-0.4, -0.2) is 41.2 Å². The van der Waals surface area contributed by atoms with Gasteiger partial charge in [0.05, 0.1) is 29.8 Å². The van der Waals surface area contributed by atoms with Gasteiger partial charge in [-0.1, -0.05) is 11.6 Å². The molecule has 18 heavy (non-hydrogen) atoms. The number of carbonyl (C=O) groups is 2. The molecule has 2 unspecified atom stereocenters. The summed E-state index contributed by atoms with van der Waals surface area (Å²) in [4.78, 5) is 26.6. The summed E-state index contributed by atoms with van der Waals surface area (Å²) in [6.45, 7) is 0.287. The van der Waals surface area contributed by atoms with Gasteiger partial charge in [-0.2, -0.15) is 0 Å². The molecule has 1 aliphatic heterocycles. The number of pyridine rings is 1. The van der Waals surface area contributed by atoms with Gasteiger partial charge in [-0.05, 0) is 6.07 Å². The van der Waals surface area contributed by atoms with Gasteiger partial charge in [0.2, 0.25) is 0 Å². The highest BCUT2D eigenvalue weighted by Gasteiger charge is 2.35. The average Bonchev–Trinajstić information content (AvgIpc) is 2.77. The first-order valence-corrected chi connectivity index (χ1v) is 5.68. The molecule has 7 heteroatoms. The molecule has 1 amide bonds. The van der Waals surface area contributed by atoms with E-state index in [0.717, 1.165) is 0 Å². The SMILES string of the molecule is O=C(NC1COCC1C(=O)O)c1ccncc1Cl. The highest BCUT2D eigenvalue weighted by molar-refractivity contribution is 6.33. The zero-order valence-corrected chi connectivity index (χ0v) is 10.1. The zero-order valence-electron chi connectivity index (χ0n) is 9.30. The minimum absolute atomic E-state index is 0.102. The molecule has 0 saturated carbocycles. The number of ether oxygens (including phenoxy) is 1. The number of carboxylic acids is 1. The number of hydrogen-bond acceptors (Lipinski definition) is 4. The first kappa shape index (κ1) is 12.8. The normalized spacial score (nSPS) is 22.7. The van der Waals surface area contributed by atoms with Gasteiger partial charge in [0, 0.05) is 12.4 Å². The Labute approximate surface area is 108 Å². The maximum absolute atomic E-state index is 11.9. The number of aliphatic carboxylic acids is 1. The Morgan fingerprint density at radius 2 is 2.28 bits per heavy atom. The lowest BCUT2D eigenvalue weighted by Gasteiger charge is -2.15. The van der Waals surface area contributed by atoms with E-state index in [-0.39, 0.29) is 23.8 Å². The standard InChI is InChI=1S/C11H11ClN2O4/c12-8-3-13-2-1-6(8)10(15)14-9-5-18-4-7(9)11(16)17/h1-3,7,9H,4-5H2,(H,14,15)(H,16,17). The van der Waals surface area contributed by atoms with Crippen LogP contribution < -0.4 is 5.32 Å². The molecule has 6 nitrogen and oxygen atoms in total. The molecule has 0 aromatic carbocycles. The summed E-state index contributed by atoms with van der Waals surface area (Å²) < 4.78 is 5.06. The van der Waals surface area contributed by atoms with Crippen molar-refractivity contribution in [2.75, 3.05) is 13.2 Å². The number of nitrogens with zero attached hydrogens (tertiary/aromatic N) is 1. The van der Waals surface area contributed by atoms with Crippen LogP contribution in [0.25, 0.3) is 0 Å². The fourth-order valence-electron chi connectivity index (χ4n) is 1.75. The number of carbonyl (C=O) groups excluding carboxylic acids is 1. The van der Waals surface area contributed by atoms with Crippen LogP contribution in [0, 0.1) is 5.92 Å². The summed E-state index contributed by atoms with van der Waals surface area (Å²) in [5, 5.41) is 11.8. The molecule has 1 aliphatic rings. The smallest absolute Gasteiger partial charge is 0.311 e. The summed E-state index contributed by atoms with van der Waals surface area (Å²) >= 11 is 5.83. The molecule has 96 valence electrons. The van der Waals surface area contributed by atoms with E-state index >= 15 is 0 Å². The minimum atomic E-state index is -0.987. The van der Waals surface area contributed by atoms with Crippen molar-refractivity contribution in [3.63, 3.8) is 0 Å². The van der Waals surface area contributed by atoms with E-state index in [0.29, 0.717) is 0 Å². The fraction of sp³-hybridized carbons (Fsp3) is 0.364. The van der Waals surface area contributed by atoms with Crippen molar-refractivity contribution < 1.29 is 19.4 Å². The molecule has 1 saturated heterocycles. The Morgan fingerprint density at radius 1 is 1.50 bits per heavy atom. The predicted molar refractivity (Wildman–Crippen MR) is 62.4 cm³/mol. The molecular weight excluding hydrogens is 260 g/mol. The van der Waals surface area contributed by atoms with Gasteiger partial charge >= 0.3 is 5.97 Å². The monoisotopic (exact) mass is 270 g/mol. The van der Waals surface area contributed by atoms with Crippen LogP contribution in [-0.2, 0) is 9.53 Å². The third-order valence-electron chi connectivity index (χ3n) is 2.73. The molecule has 0 aliphatic carbocycles. The molecule has 0 bridgehead atoms. The molecule has 2 rings (SSSR count). The number of carboxylic acid groups (broad SMARTS) is 1. The lowest BCUT2D eigenvalue weighted by Crippen LogP contribution is -2.42. The van der Waals surface area contributed by atoms with Crippen molar-refractivity contribution in [1.82, 2.24) is 10.3 Å². The first-order valence-electron chi connectivity index (χ1n) is 5.30. The number of amides is 1. The summed E-state index contributed by atoms with van der Waals surface area (Å²) in [5.74, 6) is -2.14. The van der Waals surface area contributed by atoms with Crippen LogP contribution >= 0.6 is 11.6 Å². The molecule has 1 fully saturated rings. The Balaban J connectivity index is 2.08. The van der Waals surface area contributed by atoms with Crippen LogP contribution in [0.1, 0.15) is 10.4 Å². The summed E-state index contributed by atoms with van der Waals surface area (Å²) in [6, 6.07) is 0.933. The number of rotatable bonds is 3. The number of hydrogen-bond donors (Lipinski definition) is 2. The van der Waals surface area contributed by atoms with Crippen LogP contribution in [0.15, 0.2) is 18.5 Å². The molecular formula is C11H11ClN2O4. The molecule has 2 atom stereocenters. The van der Waals surface area contributed by atoms with Gasteiger partial charge in [0.25, 0.3) is 5.91 Å². The highest BCUT2D eigenvalue weighted by atomic mass is 35.5. The van der Waals surface area contributed by atoms with E-state index in [4.69, 9.17) is 21.4 Å². The maximum Gasteiger partial charge on any atom is 0.311 e.